The molecule has 0 bridgehead atoms. The first kappa shape index (κ1) is 65.9. The molecule has 0 aromatic carbocycles. The van der Waals surface area contributed by atoms with Gasteiger partial charge in [0.1, 0.15) is 13.2 Å². The standard InChI is InChI=1S/C62H116O6/c1-4-7-10-13-16-18-20-22-24-26-28-29-30-31-32-33-35-36-38-40-42-44-46-49-52-55-61(64)67-58-59(57-66-60(63)54-51-48-15-12-9-6-3)68-62(65)56-53-50-47-45-43-41-39-37-34-27-25-23-21-19-17-14-11-8-5-2/h17,19,23,25,59H,4-16,18,20-22,24,26-58H2,1-3H3/b19-17-,25-23-. The van der Waals surface area contributed by atoms with Crippen LogP contribution in [0, 0.1) is 0 Å². The highest BCUT2D eigenvalue weighted by molar-refractivity contribution is 5.71. The molecule has 6 heteroatoms. The van der Waals surface area contributed by atoms with Crippen LogP contribution in [-0.4, -0.2) is 37.2 Å². The Bertz CT molecular complexity index is 1100. The Morgan fingerprint density at radius 2 is 0.529 bits per heavy atom. The number of ether oxygens (including phenoxy) is 3. The fourth-order valence-corrected chi connectivity index (χ4v) is 9.12. The summed E-state index contributed by atoms with van der Waals surface area (Å²) in [6.45, 7) is 6.61. The number of carbonyl (C=O) groups is 3. The van der Waals surface area contributed by atoms with Crippen LogP contribution in [0.5, 0.6) is 0 Å². The highest BCUT2D eigenvalue weighted by Crippen LogP contribution is 2.18. The highest BCUT2D eigenvalue weighted by Gasteiger charge is 2.19. The lowest BCUT2D eigenvalue weighted by Crippen LogP contribution is -2.30. The van der Waals surface area contributed by atoms with Crippen molar-refractivity contribution in [2.45, 2.75) is 341 Å². The van der Waals surface area contributed by atoms with Crippen LogP contribution >= 0.6 is 0 Å². The van der Waals surface area contributed by atoms with Crippen LogP contribution < -0.4 is 0 Å². The van der Waals surface area contributed by atoms with Gasteiger partial charge in [-0.15, -0.1) is 0 Å². The minimum Gasteiger partial charge on any atom is -0.462 e. The van der Waals surface area contributed by atoms with Crippen molar-refractivity contribution >= 4 is 17.9 Å². The molecule has 0 N–H and O–H groups in total. The van der Waals surface area contributed by atoms with Gasteiger partial charge >= 0.3 is 17.9 Å². The molecule has 1 unspecified atom stereocenters. The SMILES string of the molecule is CCCCC/C=C\C/C=C\CCCCCCCCCCCC(=O)OC(COC(=O)CCCCCCCC)COC(=O)CCCCCCCCCCCCCCCCCCCCCCCCCCC. The predicted octanol–water partition coefficient (Wildman–Crippen LogP) is 20.3. The monoisotopic (exact) mass is 957 g/mol. The van der Waals surface area contributed by atoms with Gasteiger partial charge in [-0.25, -0.2) is 0 Å². The van der Waals surface area contributed by atoms with E-state index in [2.05, 4.69) is 45.1 Å². The van der Waals surface area contributed by atoms with E-state index in [4.69, 9.17) is 14.2 Å². The van der Waals surface area contributed by atoms with Crippen LogP contribution in [0.3, 0.4) is 0 Å². The molecule has 0 saturated carbocycles. The van der Waals surface area contributed by atoms with Crippen LogP contribution in [-0.2, 0) is 28.6 Å². The molecule has 1 atom stereocenters. The lowest BCUT2D eigenvalue weighted by atomic mass is 10.0. The zero-order valence-corrected chi connectivity index (χ0v) is 45.9. The van der Waals surface area contributed by atoms with E-state index in [-0.39, 0.29) is 31.1 Å². The molecular formula is C62H116O6. The van der Waals surface area contributed by atoms with Crippen LogP contribution in [0.4, 0.5) is 0 Å². The fourth-order valence-electron chi connectivity index (χ4n) is 9.12. The maximum atomic E-state index is 12.8. The second-order valence-electron chi connectivity index (χ2n) is 20.6. The molecule has 0 aliphatic rings. The second-order valence-corrected chi connectivity index (χ2v) is 20.6. The number of carbonyl (C=O) groups excluding carboxylic acids is 3. The van der Waals surface area contributed by atoms with Crippen molar-refractivity contribution < 1.29 is 28.6 Å². The number of rotatable bonds is 56. The Labute approximate surface area is 423 Å². The van der Waals surface area contributed by atoms with Gasteiger partial charge in [0.15, 0.2) is 6.10 Å². The molecule has 0 saturated heterocycles. The number of unbranched alkanes of at least 4 members (excludes halogenated alkanes) is 41. The molecule has 400 valence electrons. The van der Waals surface area contributed by atoms with E-state index in [0.717, 1.165) is 64.2 Å². The van der Waals surface area contributed by atoms with Crippen molar-refractivity contribution in [3.05, 3.63) is 24.3 Å². The van der Waals surface area contributed by atoms with Crippen LogP contribution in [0.25, 0.3) is 0 Å². The van der Waals surface area contributed by atoms with Crippen molar-refractivity contribution in [3.8, 4) is 0 Å². The topological polar surface area (TPSA) is 78.9 Å². The maximum Gasteiger partial charge on any atom is 0.306 e. The normalized spacial score (nSPS) is 12.1. The van der Waals surface area contributed by atoms with Gasteiger partial charge in [-0.3, -0.25) is 14.4 Å². The number of hydrogen-bond acceptors (Lipinski definition) is 6. The second kappa shape index (κ2) is 57.5. The third-order valence-electron chi connectivity index (χ3n) is 13.7. The van der Waals surface area contributed by atoms with Crippen molar-refractivity contribution in [2.75, 3.05) is 13.2 Å². The first-order valence-electron chi connectivity index (χ1n) is 30.3. The van der Waals surface area contributed by atoms with Gasteiger partial charge in [0, 0.05) is 19.3 Å². The summed E-state index contributed by atoms with van der Waals surface area (Å²) >= 11 is 0. The molecule has 0 fully saturated rings. The Kier molecular flexibility index (Phi) is 55.7. The summed E-state index contributed by atoms with van der Waals surface area (Å²) in [6.07, 6.45) is 67.9. The molecule has 0 aromatic heterocycles. The Balaban J connectivity index is 4.05. The summed E-state index contributed by atoms with van der Waals surface area (Å²) in [6, 6.07) is 0. The van der Waals surface area contributed by atoms with Crippen molar-refractivity contribution in [1.82, 2.24) is 0 Å². The lowest BCUT2D eigenvalue weighted by Gasteiger charge is -2.18. The molecule has 0 amide bonds. The predicted molar refractivity (Wildman–Crippen MR) is 293 cm³/mol. The third-order valence-corrected chi connectivity index (χ3v) is 13.7. The Hall–Kier alpha value is -2.11. The molecule has 68 heavy (non-hydrogen) atoms. The van der Waals surface area contributed by atoms with Gasteiger partial charge in [-0.1, -0.05) is 289 Å². The highest BCUT2D eigenvalue weighted by atomic mass is 16.6. The van der Waals surface area contributed by atoms with E-state index >= 15 is 0 Å². The summed E-state index contributed by atoms with van der Waals surface area (Å²) in [7, 11) is 0. The van der Waals surface area contributed by atoms with Crippen LogP contribution in [0.1, 0.15) is 335 Å². The summed E-state index contributed by atoms with van der Waals surface area (Å²) in [4.78, 5) is 37.9. The average molecular weight is 958 g/mol. The molecule has 0 heterocycles. The fraction of sp³-hybridized carbons (Fsp3) is 0.887. The van der Waals surface area contributed by atoms with E-state index in [1.54, 1.807) is 0 Å². The Morgan fingerprint density at radius 3 is 0.838 bits per heavy atom. The van der Waals surface area contributed by atoms with Crippen molar-refractivity contribution in [3.63, 3.8) is 0 Å². The van der Waals surface area contributed by atoms with E-state index in [0.29, 0.717) is 19.3 Å². The molecule has 6 nitrogen and oxygen atoms in total. The molecule has 0 aromatic rings. The van der Waals surface area contributed by atoms with Gasteiger partial charge in [0.2, 0.25) is 0 Å². The third kappa shape index (κ3) is 54.8. The number of hydrogen-bond donors (Lipinski definition) is 0. The largest absolute Gasteiger partial charge is 0.462 e. The van der Waals surface area contributed by atoms with E-state index in [1.165, 1.54) is 231 Å². The van der Waals surface area contributed by atoms with Crippen LogP contribution in [0.15, 0.2) is 24.3 Å². The lowest BCUT2D eigenvalue weighted by molar-refractivity contribution is -0.167. The van der Waals surface area contributed by atoms with Gasteiger partial charge in [-0.05, 0) is 51.4 Å². The van der Waals surface area contributed by atoms with Gasteiger partial charge in [0.05, 0.1) is 0 Å². The summed E-state index contributed by atoms with van der Waals surface area (Å²) in [5.74, 6) is -0.862. The number of esters is 3. The van der Waals surface area contributed by atoms with Gasteiger partial charge in [-0.2, -0.15) is 0 Å². The summed E-state index contributed by atoms with van der Waals surface area (Å²) in [5.41, 5.74) is 0. The zero-order chi connectivity index (χ0) is 49.3. The van der Waals surface area contributed by atoms with Gasteiger partial charge in [0.25, 0.3) is 0 Å². The molecule has 0 aliphatic heterocycles. The van der Waals surface area contributed by atoms with E-state index < -0.39 is 6.10 Å². The Morgan fingerprint density at radius 1 is 0.294 bits per heavy atom. The first-order valence-corrected chi connectivity index (χ1v) is 30.3. The van der Waals surface area contributed by atoms with E-state index in [9.17, 15) is 14.4 Å². The minimum absolute atomic E-state index is 0.0683. The molecule has 0 rings (SSSR count). The molecule has 0 spiro atoms. The summed E-state index contributed by atoms with van der Waals surface area (Å²) in [5, 5.41) is 0. The summed E-state index contributed by atoms with van der Waals surface area (Å²) < 4.78 is 16.8. The minimum atomic E-state index is -0.767. The smallest absolute Gasteiger partial charge is 0.306 e. The van der Waals surface area contributed by atoms with Gasteiger partial charge < -0.3 is 14.2 Å². The quantitative estimate of drug-likeness (QED) is 0.0262. The first-order chi connectivity index (χ1) is 33.5. The van der Waals surface area contributed by atoms with Crippen molar-refractivity contribution in [1.29, 1.82) is 0 Å². The molecule has 0 aliphatic carbocycles. The zero-order valence-electron chi connectivity index (χ0n) is 45.9. The molecule has 0 radical (unpaired) electrons. The van der Waals surface area contributed by atoms with E-state index in [1.807, 2.05) is 0 Å². The number of allylic oxidation sites excluding steroid dienone is 4. The molecular weight excluding hydrogens is 841 g/mol. The average Bonchev–Trinajstić information content (AvgIpc) is 3.34. The maximum absolute atomic E-state index is 12.8. The van der Waals surface area contributed by atoms with Crippen molar-refractivity contribution in [2.24, 2.45) is 0 Å². The van der Waals surface area contributed by atoms with Crippen LogP contribution in [0.2, 0.25) is 0 Å².